The first kappa shape index (κ1) is 18.5. The number of nitrogens with zero attached hydrogens (tertiary/aromatic N) is 4. The molecule has 1 aliphatic rings. The monoisotopic (exact) mass is 378 g/mol. The molecule has 2 aromatic carbocycles. The van der Waals surface area contributed by atoms with Crippen molar-refractivity contribution in [1.82, 2.24) is 19.9 Å². The van der Waals surface area contributed by atoms with Crippen LogP contribution in [0.2, 0.25) is 0 Å². The third-order valence-corrected chi connectivity index (χ3v) is 5.36. The normalized spacial score (nSPS) is 19.7. The fourth-order valence-corrected chi connectivity index (χ4v) is 4.18. The van der Waals surface area contributed by atoms with Gasteiger partial charge in [-0.25, -0.2) is 0 Å². The third kappa shape index (κ3) is 3.60. The Labute approximate surface area is 165 Å². The molecule has 6 heteroatoms. The van der Waals surface area contributed by atoms with E-state index < -0.39 is 0 Å². The van der Waals surface area contributed by atoms with Crippen molar-refractivity contribution in [3.05, 3.63) is 66.0 Å². The highest BCUT2D eigenvalue weighted by molar-refractivity contribution is 5.47. The number of ether oxygens (including phenoxy) is 2. The minimum atomic E-state index is 0.257. The summed E-state index contributed by atoms with van der Waals surface area (Å²) < 4.78 is 11.4. The maximum absolute atomic E-state index is 5.68. The molecule has 2 atom stereocenters. The Morgan fingerprint density at radius 2 is 1.68 bits per heavy atom. The van der Waals surface area contributed by atoms with E-state index in [1.165, 1.54) is 5.56 Å². The van der Waals surface area contributed by atoms with Crippen molar-refractivity contribution in [1.29, 1.82) is 0 Å². The topological polar surface area (TPSA) is 52.4 Å². The van der Waals surface area contributed by atoms with Gasteiger partial charge in [0.1, 0.15) is 11.5 Å². The van der Waals surface area contributed by atoms with Gasteiger partial charge >= 0.3 is 0 Å². The zero-order valence-corrected chi connectivity index (χ0v) is 16.6. The summed E-state index contributed by atoms with van der Waals surface area (Å²) in [5, 5.41) is 8.48. The minimum Gasteiger partial charge on any atom is -0.496 e. The van der Waals surface area contributed by atoms with E-state index in [9.17, 15) is 0 Å². The predicted octanol–water partition coefficient (Wildman–Crippen LogP) is 3.87. The summed E-state index contributed by atoms with van der Waals surface area (Å²) in [5.74, 6) is 2.38. The molecule has 4 rings (SSSR count). The Morgan fingerprint density at radius 1 is 1.00 bits per heavy atom. The number of benzene rings is 2. The Bertz CT molecular complexity index is 904. The molecule has 1 aliphatic heterocycles. The highest BCUT2D eigenvalue weighted by Gasteiger charge is 2.34. The van der Waals surface area contributed by atoms with Crippen molar-refractivity contribution in [2.24, 2.45) is 5.92 Å². The summed E-state index contributed by atoms with van der Waals surface area (Å²) in [7, 11) is 3.45. The molecular formula is C22H26N4O2. The summed E-state index contributed by atoms with van der Waals surface area (Å²) in [6.45, 7) is 4.19. The van der Waals surface area contributed by atoms with Gasteiger partial charge in [0.15, 0.2) is 0 Å². The van der Waals surface area contributed by atoms with Gasteiger partial charge in [0.2, 0.25) is 0 Å². The lowest BCUT2D eigenvalue weighted by Crippen LogP contribution is -2.24. The molecule has 0 spiro atoms. The molecule has 0 saturated carbocycles. The summed E-state index contributed by atoms with van der Waals surface area (Å²) in [6.07, 6.45) is 4.47. The van der Waals surface area contributed by atoms with Gasteiger partial charge in [-0.1, -0.05) is 25.1 Å². The lowest BCUT2D eigenvalue weighted by molar-refractivity contribution is 0.234. The number of rotatable bonds is 6. The quantitative estimate of drug-likeness (QED) is 0.652. The Hall–Kier alpha value is -2.86. The molecule has 0 bridgehead atoms. The van der Waals surface area contributed by atoms with E-state index >= 15 is 0 Å². The van der Waals surface area contributed by atoms with E-state index in [2.05, 4.69) is 40.2 Å². The number of aromatic nitrogens is 3. The molecule has 0 radical (unpaired) electrons. The van der Waals surface area contributed by atoms with Crippen LogP contribution in [0.4, 0.5) is 0 Å². The fraction of sp³-hybridized carbons (Fsp3) is 0.364. The van der Waals surface area contributed by atoms with Gasteiger partial charge in [0.05, 0.1) is 37.9 Å². The van der Waals surface area contributed by atoms with Gasteiger partial charge in [0, 0.05) is 19.1 Å². The Morgan fingerprint density at radius 3 is 2.36 bits per heavy atom. The van der Waals surface area contributed by atoms with Crippen molar-refractivity contribution < 1.29 is 9.47 Å². The standard InChI is InChI=1S/C22H26N4O2/c1-16-12-19(22-20(27-2)8-5-9-21(22)28-3)25(14-16)15-17-6-4-7-18(13-17)26-23-10-11-24-26/h4-11,13,16,19H,12,14-15H2,1-3H3. The zero-order valence-electron chi connectivity index (χ0n) is 16.6. The van der Waals surface area contributed by atoms with Gasteiger partial charge in [-0.15, -0.1) is 0 Å². The van der Waals surface area contributed by atoms with Crippen LogP contribution in [0.3, 0.4) is 0 Å². The first-order chi connectivity index (χ1) is 13.7. The summed E-state index contributed by atoms with van der Waals surface area (Å²) >= 11 is 0. The van der Waals surface area contributed by atoms with Crippen LogP contribution in [-0.4, -0.2) is 40.7 Å². The number of hydrogen-bond donors (Lipinski definition) is 0. The first-order valence-corrected chi connectivity index (χ1v) is 9.60. The van der Waals surface area contributed by atoms with Crippen molar-refractivity contribution in [3.63, 3.8) is 0 Å². The molecule has 2 unspecified atom stereocenters. The molecule has 146 valence electrons. The van der Waals surface area contributed by atoms with E-state index in [1.807, 2.05) is 24.3 Å². The molecule has 0 N–H and O–H groups in total. The smallest absolute Gasteiger partial charge is 0.127 e. The molecule has 6 nitrogen and oxygen atoms in total. The lowest BCUT2D eigenvalue weighted by atomic mass is 9.98. The minimum absolute atomic E-state index is 0.257. The zero-order chi connectivity index (χ0) is 19.5. The van der Waals surface area contributed by atoms with Crippen LogP contribution in [0.25, 0.3) is 5.69 Å². The molecule has 3 aromatic rings. The fourth-order valence-electron chi connectivity index (χ4n) is 4.18. The maximum atomic E-state index is 5.68. The van der Waals surface area contributed by atoms with Gasteiger partial charge in [-0.05, 0) is 42.2 Å². The van der Waals surface area contributed by atoms with Crippen LogP contribution in [0.5, 0.6) is 11.5 Å². The van der Waals surface area contributed by atoms with Crippen molar-refractivity contribution >= 4 is 0 Å². The van der Waals surface area contributed by atoms with Gasteiger partial charge in [-0.2, -0.15) is 15.0 Å². The second-order valence-electron chi connectivity index (χ2n) is 7.35. The van der Waals surface area contributed by atoms with Crippen LogP contribution < -0.4 is 9.47 Å². The van der Waals surface area contributed by atoms with Crippen LogP contribution in [0.15, 0.2) is 54.9 Å². The average Bonchev–Trinajstić information content (AvgIpc) is 3.37. The number of hydrogen-bond acceptors (Lipinski definition) is 5. The summed E-state index contributed by atoms with van der Waals surface area (Å²) in [6, 6.07) is 14.7. The van der Waals surface area contributed by atoms with Gasteiger partial charge in [0.25, 0.3) is 0 Å². The SMILES string of the molecule is COc1cccc(OC)c1C1CC(C)CN1Cc1cccc(-n2nccn2)c1. The molecule has 1 aromatic heterocycles. The van der Waals surface area contributed by atoms with E-state index in [4.69, 9.17) is 9.47 Å². The summed E-state index contributed by atoms with van der Waals surface area (Å²) in [5.41, 5.74) is 3.35. The van der Waals surface area contributed by atoms with Crippen LogP contribution in [0, 0.1) is 5.92 Å². The first-order valence-electron chi connectivity index (χ1n) is 9.60. The molecule has 1 saturated heterocycles. The molecular weight excluding hydrogens is 352 g/mol. The maximum Gasteiger partial charge on any atom is 0.127 e. The second-order valence-corrected chi connectivity index (χ2v) is 7.35. The Kier molecular flexibility index (Phi) is 5.30. The van der Waals surface area contributed by atoms with E-state index in [0.717, 1.165) is 42.3 Å². The number of methoxy groups -OCH3 is 2. The molecule has 28 heavy (non-hydrogen) atoms. The van der Waals surface area contributed by atoms with Crippen molar-refractivity contribution in [2.45, 2.75) is 25.9 Å². The van der Waals surface area contributed by atoms with Crippen molar-refractivity contribution in [2.75, 3.05) is 20.8 Å². The number of likely N-dealkylation sites (tertiary alicyclic amines) is 1. The van der Waals surface area contributed by atoms with E-state index in [1.54, 1.807) is 31.4 Å². The average molecular weight is 378 g/mol. The lowest BCUT2D eigenvalue weighted by Gasteiger charge is -2.27. The van der Waals surface area contributed by atoms with E-state index in [0.29, 0.717) is 5.92 Å². The Balaban J connectivity index is 1.64. The predicted molar refractivity (Wildman–Crippen MR) is 108 cm³/mol. The molecule has 1 fully saturated rings. The second kappa shape index (κ2) is 8.02. The largest absolute Gasteiger partial charge is 0.496 e. The summed E-state index contributed by atoms with van der Waals surface area (Å²) in [4.78, 5) is 4.16. The molecule has 2 heterocycles. The third-order valence-electron chi connectivity index (χ3n) is 5.36. The highest BCUT2D eigenvalue weighted by atomic mass is 16.5. The van der Waals surface area contributed by atoms with Crippen molar-refractivity contribution in [3.8, 4) is 17.2 Å². The van der Waals surface area contributed by atoms with Crippen LogP contribution in [0.1, 0.15) is 30.5 Å². The van der Waals surface area contributed by atoms with Gasteiger partial charge < -0.3 is 9.47 Å². The molecule has 0 amide bonds. The van der Waals surface area contributed by atoms with Gasteiger partial charge in [-0.3, -0.25) is 4.90 Å². The highest BCUT2D eigenvalue weighted by Crippen LogP contribution is 2.44. The molecule has 0 aliphatic carbocycles. The van der Waals surface area contributed by atoms with E-state index in [-0.39, 0.29) is 6.04 Å². The van der Waals surface area contributed by atoms with Crippen LogP contribution >= 0.6 is 0 Å². The van der Waals surface area contributed by atoms with Crippen LogP contribution in [-0.2, 0) is 6.54 Å².